The molecule has 1 aromatic heterocycles. The van der Waals surface area contributed by atoms with E-state index in [0.29, 0.717) is 31.8 Å². The first-order valence-corrected chi connectivity index (χ1v) is 7.52. The molecule has 1 aliphatic heterocycles. The lowest BCUT2D eigenvalue weighted by atomic mass is 10.1. The summed E-state index contributed by atoms with van der Waals surface area (Å²) in [5, 5.41) is 6.93. The van der Waals surface area contributed by atoms with E-state index in [9.17, 15) is 9.59 Å². The lowest BCUT2D eigenvalue weighted by Gasteiger charge is -2.33. The number of hydrogen-bond acceptors (Lipinski definition) is 3. The summed E-state index contributed by atoms with van der Waals surface area (Å²) in [6.07, 6.45) is 3.54. The van der Waals surface area contributed by atoms with Gasteiger partial charge in [-0.1, -0.05) is 13.8 Å². The number of carbonyl (C=O) groups is 2. The fourth-order valence-electron chi connectivity index (χ4n) is 2.61. The summed E-state index contributed by atoms with van der Waals surface area (Å²) in [7, 11) is 1.63. The molecule has 2 amide bonds. The van der Waals surface area contributed by atoms with Crippen LogP contribution in [0.3, 0.4) is 0 Å². The molecule has 1 aliphatic rings. The molecule has 1 aromatic rings. The Morgan fingerprint density at radius 1 is 1.48 bits per heavy atom. The van der Waals surface area contributed by atoms with Crippen LogP contribution in [0.2, 0.25) is 0 Å². The number of hydrogen-bond donors (Lipinski definition) is 1. The van der Waals surface area contributed by atoms with E-state index in [2.05, 4.69) is 24.3 Å². The molecule has 1 N–H and O–H groups in total. The summed E-state index contributed by atoms with van der Waals surface area (Å²) in [4.78, 5) is 25.8. The van der Waals surface area contributed by atoms with Crippen LogP contribution in [0.4, 0.5) is 0 Å². The van der Waals surface area contributed by atoms with Crippen molar-refractivity contribution < 1.29 is 9.59 Å². The fraction of sp³-hybridized carbons (Fsp3) is 0.667. The van der Waals surface area contributed by atoms with Crippen molar-refractivity contribution in [2.24, 2.45) is 5.92 Å². The second kappa shape index (κ2) is 6.74. The van der Waals surface area contributed by atoms with Crippen LogP contribution in [0.15, 0.2) is 12.3 Å². The van der Waals surface area contributed by atoms with E-state index in [0.717, 1.165) is 12.1 Å². The highest BCUT2D eigenvalue weighted by Crippen LogP contribution is 2.24. The minimum atomic E-state index is -0.0771. The first-order chi connectivity index (χ1) is 10.0. The zero-order chi connectivity index (χ0) is 15.4. The maximum Gasteiger partial charge on any atom is 0.223 e. The molecule has 0 bridgehead atoms. The first kappa shape index (κ1) is 15.5. The van der Waals surface area contributed by atoms with Gasteiger partial charge in [0.2, 0.25) is 11.8 Å². The summed E-state index contributed by atoms with van der Waals surface area (Å²) in [5.74, 6) is 0.655. The van der Waals surface area contributed by atoms with Crippen LogP contribution in [0.1, 0.15) is 44.8 Å². The molecule has 0 saturated carbocycles. The normalized spacial score (nSPS) is 17.7. The topological polar surface area (TPSA) is 67.2 Å². The molecule has 21 heavy (non-hydrogen) atoms. The summed E-state index contributed by atoms with van der Waals surface area (Å²) in [5.41, 5.74) is 0.994. The van der Waals surface area contributed by atoms with Crippen molar-refractivity contribution in [3.8, 4) is 0 Å². The van der Waals surface area contributed by atoms with E-state index in [1.807, 2.05) is 15.6 Å². The molecule has 1 atom stereocenters. The van der Waals surface area contributed by atoms with Crippen molar-refractivity contribution in [2.45, 2.75) is 45.7 Å². The first-order valence-electron chi connectivity index (χ1n) is 7.52. The third-order valence-corrected chi connectivity index (χ3v) is 3.87. The van der Waals surface area contributed by atoms with Gasteiger partial charge in [0.25, 0.3) is 0 Å². The zero-order valence-electron chi connectivity index (χ0n) is 13.0. The van der Waals surface area contributed by atoms with E-state index in [-0.39, 0.29) is 17.9 Å². The van der Waals surface area contributed by atoms with E-state index in [4.69, 9.17) is 0 Å². The van der Waals surface area contributed by atoms with Gasteiger partial charge in [0.15, 0.2) is 0 Å². The maximum atomic E-state index is 12.3. The Labute approximate surface area is 125 Å². The van der Waals surface area contributed by atoms with Crippen LogP contribution in [0.5, 0.6) is 0 Å². The molecule has 0 spiro atoms. The molecular formula is C15H24N4O2. The van der Waals surface area contributed by atoms with Crippen LogP contribution < -0.4 is 5.32 Å². The lowest BCUT2D eigenvalue weighted by molar-refractivity contribution is -0.134. The van der Waals surface area contributed by atoms with Gasteiger partial charge in [-0.05, 0) is 18.4 Å². The smallest absolute Gasteiger partial charge is 0.223 e. The number of amides is 2. The molecule has 116 valence electrons. The van der Waals surface area contributed by atoms with Crippen LogP contribution in [-0.4, -0.2) is 40.1 Å². The van der Waals surface area contributed by atoms with E-state index >= 15 is 0 Å². The molecule has 2 heterocycles. The highest BCUT2D eigenvalue weighted by Gasteiger charge is 2.29. The second-order valence-corrected chi connectivity index (χ2v) is 6.01. The predicted octanol–water partition coefficient (Wildman–Crippen LogP) is 1.34. The summed E-state index contributed by atoms with van der Waals surface area (Å²) in [6, 6.07) is 1.84. The summed E-state index contributed by atoms with van der Waals surface area (Å²) >= 11 is 0. The Balaban J connectivity index is 2.07. The average Bonchev–Trinajstić information content (AvgIpc) is 2.93. The predicted molar refractivity (Wildman–Crippen MR) is 79.4 cm³/mol. The van der Waals surface area contributed by atoms with Gasteiger partial charge in [-0.25, -0.2) is 0 Å². The monoisotopic (exact) mass is 292 g/mol. The van der Waals surface area contributed by atoms with Crippen LogP contribution >= 0.6 is 0 Å². The van der Waals surface area contributed by atoms with Crippen molar-refractivity contribution in [1.82, 2.24) is 20.0 Å². The Hall–Kier alpha value is -1.85. The number of aromatic nitrogens is 2. The van der Waals surface area contributed by atoms with Crippen molar-refractivity contribution >= 4 is 11.8 Å². The zero-order valence-corrected chi connectivity index (χ0v) is 13.0. The number of fused-ring (bicyclic) bond motifs is 1. The van der Waals surface area contributed by atoms with Crippen LogP contribution in [-0.2, 0) is 16.1 Å². The number of carbonyl (C=O) groups excluding carboxylic acids is 2. The van der Waals surface area contributed by atoms with Crippen molar-refractivity contribution in [3.05, 3.63) is 18.0 Å². The largest absolute Gasteiger partial charge is 0.359 e. The van der Waals surface area contributed by atoms with Crippen molar-refractivity contribution in [1.29, 1.82) is 0 Å². The third kappa shape index (κ3) is 3.83. The fourth-order valence-corrected chi connectivity index (χ4v) is 2.61. The van der Waals surface area contributed by atoms with Gasteiger partial charge in [-0.15, -0.1) is 0 Å². The van der Waals surface area contributed by atoms with Crippen LogP contribution in [0.25, 0.3) is 0 Å². The van der Waals surface area contributed by atoms with E-state index in [1.54, 1.807) is 13.2 Å². The molecule has 0 radical (unpaired) electrons. The third-order valence-electron chi connectivity index (χ3n) is 3.87. The van der Waals surface area contributed by atoms with E-state index < -0.39 is 0 Å². The van der Waals surface area contributed by atoms with Gasteiger partial charge in [0.1, 0.15) is 0 Å². The molecule has 6 heteroatoms. The number of nitrogens with one attached hydrogen (secondary N) is 1. The molecule has 2 rings (SSSR count). The maximum absolute atomic E-state index is 12.3. The van der Waals surface area contributed by atoms with Gasteiger partial charge in [-0.3, -0.25) is 14.3 Å². The van der Waals surface area contributed by atoms with Gasteiger partial charge in [-0.2, -0.15) is 5.10 Å². The summed E-state index contributed by atoms with van der Waals surface area (Å²) < 4.78 is 1.88. The Kier molecular flexibility index (Phi) is 4.98. The molecule has 0 unspecified atom stereocenters. The van der Waals surface area contributed by atoms with Gasteiger partial charge < -0.3 is 10.2 Å². The van der Waals surface area contributed by atoms with Crippen molar-refractivity contribution in [2.75, 3.05) is 13.6 Å². The minimum Gasteiger partial charge on any atom is -0.359 e. The molecule has 6 nitrogen and oxygen atoms in total. The van der Waals surface area contributed by atoms with Gasteiger partial charge >= 0.3 is 0 Å². The molecule has 0 aromatic carbocycles. The van der Waals surface area contributed by atoms with Gasteiger partial charge in [0.05, 0.1) is 24.7 Å². The second-order valence-electron chi connectivity index (χ2n) is 6.01. The number of nitrogens with zero attached hydrogens (tertiary/aromatic N) is 3. The Bertz CT molecular complexity index is 510. The highest BCUT2D eigenvalue weighted by molar-refractivity contribution is 5.77. The lowest BCUT2D eigenvalue weighted by Crippen LogP contribution is -2.42. The molecular weight excluding hydrogens is 268 g/mol. The van der Waals surface area contributed by atoms with Gasteiger partial charge in [0, 0.05) is 26.2 Å². The average molecular weight is 292 g/mol. The highest BCUT2D eigenvalue weighted by atomic mass is 16.2. The van der Waals surface area contributed by atoms with Crippen molar-refractivity contribution in [3.63, 3.8) is 0 Å². The molecule has 0 aliphatic carbocycles. The summed E-state index contributed by atoms with van der Waals surface area (Å²) in [6.45, 7) is 5.38. The SMILES string of the molecule is CNC(=O)C[C@@H]1CN(C(=O)CCC(C)C)Cc2ccnn21. The van der Waals surface area contributed by atoms with E-state index in [1.165, 1.54) is 0 Å². The Morgan fingerprint density at radius 2 is 2.24 bits per heavy atom. The van der Waals surface area contributed by atoms with Crippen LogP contribution in [0, 0.1) is 5.92 Å². The minimum absolute atomic E-state index is 0.0297. The molecule has 0 fully saturated rings. The quantitative estimate of drug-likeness (QED) is 0.890. The standard InChI is InChI=1S/C15H24N4O2/c1-11(2)4-5-15(21)18-9-12-6-7-17-19(12)13(10-18)8-14(20)16-3/h6-7,11,13H,4-5,8-10H2,1-3H3,(H,16,20)/t13-/m1/s1. The molecule has 0 saturated heterocycles. The number of rotatable bonds is 5. The Morgan fingerprint density at radius 3 is 2.90 bits per heavy atom.